The van der Waals surface area contributed by atoms with Crippen LogP contribution in [0.25, 0.3) is 0 Å². The highest BCUT2D eigenvalue weighted by molar-refractivity contribution is 6.30. The van der Waals surface area contributed by atoms with Crippen molar-refractivity contribution in [3.8, 4) is 0 Å². The van der Waals surface area contributed by atoms with Gasteiger partial charge in [-0.05, 0) is 61.7 Å². The van der Waals surface area contributed by atoms with E-state index in [1.165, 1.54) is 11.3 Å². The number of aromatic nitrogens is 4. The fourth-order valence-electron chi connectivity index (χ4n) is 3.90. The van der Waals surface area contributed by atoms with E-state index in [1.54, 1.807) is 0 Å². The highest BCUT2D eigenvalue weighted by Crippen LogP contribution is 2.32. The van der Waals surface area contributed by atoms with Crippen molar-refractivity contribution in [2.75, 3.05) is 31.1 Å². The van der Waals surface area contributed by atoms with Crippen LogP contribution in [-0.2, 0) is 5.54 Å². The second-order valence-corrected chi connectivity index (χ2v) is 9.20. The van der Waals surface area contributed by atoms with E-state index < -0.39 is 0 Å². The van der Waals surface area contributed by atoms with E-state index in [-0.39, 0.29) is 11.6 Å². The van der Waals surface area contributed by atoms with Crippen LogP contribution in [0.3, 0.4) is 0 Å². The van der Waals surface area contributed by atoms with E-state index >= 15 is 0 Å². The number of nitrogens with zero attached hydrogens (tertiary/aromatic N) is 6. The Morgan fingerprint density at radius 2 is 1.74 bits per heavy atom. The van der Waals surface area contributed by atoms with Crippen LogP contribution in [0.2, 0.25) is 5.02 Å². The summed E-state index contributed by atoms with van der Waals surface area (Å²) in [7, 11) is 0. The Kier molecular flexibility index (Phi) is 5.77. The van der Waals surface area contributed by atoms with Gasteiger partial charge in [-0.2, -0.15) is 0 Å². The second-order valence-electron chi connectivity index (χ2n) is 8.76. The Bertz CT molecular complexity index is 771. The van der Waals surface area contributed by atoms with Gasteiger partial charge in [0.1, 0.15) is 0 Å². The number of aryl methyl sites for hydroxylation is 1. The lowest BCUT2D eigenvalue weighted by Gasteiger charge is -2.42. The summed E-state index contributed by atoms with van der Waals surface area (Å²) in [6, 6.07) is 6.34. The Morgan fingerprint density at radius 1 is 1.07 bits per heavy atom. The molecule has 0 saturated carbocycles. The standard InChI is InChI=1S/C20H31ClN6/c1-14(2)18(19-22-23-24-27(19)20(4,5)6)26-11-9-25(10-12-26)17-13-16(21)8-7-15(17)3/h7-8,13-14,18H,9-12H2,1-6H3/t18-/m1/s1. The molecule has 1 saturated heterocycles. The number of hydrogen-bond donors (Lipinski definition) is 0. The third-order valence-corrected chi connectivity index (χ3v) is 5.48. The van der Waals surface area contributed by atoms with Gasteiger partial charge in [-0.15, -0.1) is 5.10 Å². The molecule has 7 heteroatoms. The quantitative estimate of drug-likeness (QED) is 0.792. The minimum absolute atomic E-state index is 0.133. The van der Waals surface area contributed by atoms with E-state index in [0.29, 0.717) is 5.92 Å². The average Bonchev–Trinajstić information content (AvgIpc) is 3.07. The summed E-state index contributed by atoms with van der Waals surface area (Å²) >= 11 is 6.22. The fourth-order valence-corrected chi connectivity index (χ4v) is 4.07. The van der Waals surface area contributed by atoms with Crippen molar-refractivity contribution in [3.05, 3.63) is 34.6 Å². The Hall–Kier alpha value is -1.66. The molecule has 0 N–H and O–H groups in total. The summed E-state index contributed by atoms with van der Waals surface area (Å²) in [5.74, 6) is 1.39. The molecular formula is C20H31ClN6. The molecule has 0 radical (unpaired) electrons. The van der Waals surface area contributed by atoms with Crippen LogP contribution in [0, 0.1) is 12.8 Å². The normalized spacial score (nSPS) is 17.6. The molecule has 1 atom stereocenters. The summed E-state index contributed by atoms with van der Waals surface area (Å²) in [5, 5.41) is 13.5. The first-order valence-corrected chi connectivity index (χ1v) is 10.1. The Morgan fingerprint density at radius 3 is 2.33 bits per heavy atom. The van der Waals surface area contributed by atoms with Gasteiger partial charge in [-0.3, -0.25) is 4.90 Å². The van der Waals surface area contributed by atoms with Gasteiger partial charge < -0.3 is 4.90 Å². The van der Waals surface area contributed by atoms with Gasteiger partial charge in [-0.1, -0.05) is 31.5 Å². The van der Waals surface area contributed by atoms with Crippen LogP contribution in [0.4, 0.5) is 5.69 Å². The lowest BCUT2D eigenvalue weighted by molar-refractivity contribution is 0.128. The minimum atomic E-state index is -0.133. The van der Waals surface area contributed by atoms with Crippen molar-refractivity contribution in [3.63, 3.8) is 0 Å². The molecule has 1 aromatic carbocycles. The summed E-state index contributed by atoms with van der Waals surface area (Å²) in [5.41, 5.74) is 2.37. The molecule has 1 fully saturated rings. The zero-order valence-corrected chi connectivity index (χ0v) is 18.0. The molecule has 1 aliphatic rings. The van der Waals surface area contributed by atoms with Gasteiger partial charge in [0.05, 0.1) is 11.6 Å². The molecule has 1 aromatic heterocycles. The van der Waals surface area contributed by atoms with E-state index in [9.17, 15) is 0 Å². The van der Waals surface area contributed by atoms with Crippen molar-refractivity contribution in [2.24, 2.45) is 5.92 Å². The Labute approximate surface area is 167 Å². The molecule has 6 nitrogen and oxygen atoms in total. The first kappa shape index (κ1) is 20.1. The summed E-state index contributed by atoms with van der Waals surface area (Å²) in [6.45, 7) is 17.0. The zero-order valence-electron chi connectivity index (χ0n) is 17.3. The third kappa shape index (κ3) is 4.27. The molecule has 2 heterocycles. The van der Waals surface area contributed by atoms with Crippen LogP contribution in [0.5, 0.6) is 0 Å². The number of halogens is 1. The van der Waals surface area contributed by atoms with Crippen LogP contribution < -0.4 is 4.90 Å². The van der Waals surface area contributed by atoms with Crippen molar-refractivity contribution in [1.29, 1.82) is 0 Å². The van der Waals surface area contributed by atoms with Crippen molar-refractivity contribution >= 4 is 17.3 Å². The van der Waals surface area contributed by atoms with E-state index in [0.717, 1.165) is 37.0 Å². The number of piperazine rings is 1. The number of rotatable bonds is 4. The summed E-state index contributed by atoms with van der Waals surface area (Å²) < 4.78 is 1.98. The van der Waals surface area contributed by atoms with Gasteiger partial charge >= 0.3 is 0 Å². The predicted molar refractivity (Wildman–Crippen MR) is 110 cm³/mol. The number of tetrazole rings is 1. The molecule has 27 heavy (non-hydrogen) atoms. The lowest BCUT2D eigenvalue weighted by atomic mass is 9.99. The van der Waals surface area contributed by atoms with Crippen LogP contribution in [0.1, 0.15) is 52.0 Å². The molecule has 0 amide bonds. The van der Waals surface area contributed by atoms with E-state index in [2.05, 4.69) is 79.0 Å². The minimum Gasteiger partial charge on any atom is -0.369 e. The largest absolute Gasteiger partial charge is 0.369 e. The highest BCUT2D eigenvalue weighted by Gasteiger charge is 2.34. The van der Waals surface area contributed by atoms with Gasteiger partial charge in [0.25, 0.3) is 0 Å². The first-order valence-electron chi connectivity index (χ1n) is 9.72. The van der Waals surface area contributed by atoms with E-state index in [1.807, 2.05) is 10.7 Å². The fraction of sp³-hybridized carbons (Fsp3) is 0.650. The average molecular weight is 391 g/mol. The van der Waals surface area contributed by atoms with Crippen LogP contribution in [-0.4, -0.2) is 51.3 Å². The topological polar surface area (TPSA) is 50.1 Å². The monoisotopic (exact) mass is 390 g/mol. The molecule has 2 aromatic rings. The molecular weight excluding hydrogens is 360 g/mol. The predicted octanol–water partition coefficient (Wildman–Crippen LogP) is 3.91. The number of anilines is 1. The van der Waals surface area contributed by atoms with Crippen LogP contribution in [0.15, 0.2) is 18.2 Å². The molecule has 0 spiro atoms. The first-order chi connectivity index (χ1) is 12.7. The smallest absolute Gasteiger partial charge is 0.169 e. The van der Waals surface area contributed by atoms with E-state index in [4.69, 9.17) is 11.6 Å². The molecule has 0 unspecified atom stereocenters. The third-order valence-electron chi connectivity index (χ3n) is 5.24. The van der Waals surface area contributed by atoms with Gasteiger partial charge in [0, 0.05) is 36.9 Å². The van der Waals surface area contributed by atoms with Crippen molar-refractivity contribution in [2.45, 2.75) is 53.1 Å². The maximum absolute atomic E-state index is 6.22. The molecule has 148 valence electrons. The Balaban J connectivity index is 1.79. The summed E-state index contributed by atoms with van der Waals surface area (Å²) in [6.07, 6.45) is 0. The second kappa shape index (κ2) is 7.76. The lowest BCUT2D eigenvalue weighted by Crippen LogP contribution is -2.49. The summed E-state index contributed by atoms with van der Waals surface area (Å²) in [4.78, 5) is 4.96. The van der Waals surface area contributed by atoms with Gasteiger partial charge in [0.2, 0.25) is 0 Å². The molecule has 3 rings (SSSR count). The van der Waals surface area contributed by atoms with Crippen molar-refractivity contribution in [1.82, 2.24) is 25.1 Å². The number of benzene rings is 1. The zero-order chi connectivity index (χ0) is 19.8. The maximum Gasteiger partial charge on any atom is 0.169 e. The molecule has 0 bridgehead atoms. The maximum atomic E-state index is 6.22. The van der Waals surface area contributed by atoms with Crippen LogP contribution >= 0.6 is 11.6 Å². The molecule has 1 aliphatic heterocycles. The van der Waals surface area contributed by atoms with Gasteiger partial charge in [-0.25, -0.2) is 4.68 Å². The van der Waals surface area contributed by atoms with Crippen molar-refractivity contribution < 1.29 is 0 Å². The molecule has 0 aliphatic carbocycles. The highest BCUT2D eigenvalue weighted by atomic mass is 35.5. The SMILES string of the molecule is Cc1ccc(Cl)cc1N1CCN([C@@H](c2nnnn2C(C)(C)C)C(C)C)CC1. The van der Waals surface area contributed by atoms with Gasteiger partial charge in [0.15, 0.2) is 5.82 Å². The number of hydrogen-bond acceptors (Lipinski definition) is 5.